The van der Waals surface area contributed by atoms with Crippen molar-refractivity contribution < 1.29 is 4.11 Å². The minimum Gasteiger partial charge on any atom is -0.261 e. The Morgan fingerprint density at radius 1 is 0.484 bits per heavy atom. The maximum absolute atomic E-state index is 7.82. The Hall–Kier alpha value is -2.48. The number of aryl methyl sites for hydroxylation is 3. The van der Waals surface area contributed by atoms with E-state index in [0.717, 1.165) is 44.9 Å². The van der Waals surface area contributed by atoms with Gasteiger partial charge >= 0.3 is 0 Å². The lowest BCUT2D eigenvalue weighted by molar-refractivity contribution is 1.07. The van der Waals surface area contributed by atoms with Crippen LogP contribution in [0.2, 0.25) is 0 Å². The zero-order chi connectivity index (χ0) is 26.7. The minimum atomic E-state index is 0.408. The van der Waals surface area contributed by atoms with Crippen LogP contribution in [0.5, 0.6) is 0 Å². The van der Waals surface area contributed by atoms with Crippen molar-refractivity contribution in [3.63, 3.8) is 0 Å². The van der Waals surface area contributed by atoms with Gasteiger partial charge in [-0.2, -0.15) is 0 Å². The van der Waals surface area contributed by atoms with Gasteiger partial charge in [-0.05, 0) is 152 Å². The number of hydrogen-bond donors (Lipinski definition) is 0. The van der Waals surface area contributed by atoms with Gasteiger partial charge in [0.05, 0.1) is 4.11 Å². The largest absolute Gasteiger partial charge is 0.261 e. The molecule has 0 aliphatic carbocycles. The Bertz CT molecular complexity index is 992. The Morgan fingerprint density at radius 2 is 0.935 bits per heavy atom. The predicted molar refractivity (Wildman–Crippen MR) is 136 cm³/mol. The predicted octanol–water partition coefficient (Wildman–Crippen LogP) is 7.86. The smallest absolute Gasteiger partial charge is 0.0843 e. The molecule has 0 unspecified atom stereocenters. The Labute approximate surface area is 195 Å². The average molecular weight is 425 g/mol. The lowest BCUT2D eigenvalue weighted by atomic mass is 9.96. The molecule has 0 amide bonds. The van der Waals surface area contributed by atoms with Crippen LogP contribution in [0, 0.1) is 90.0 Å². The van der Waals surface area contributed by atoms with Gasteiger partial charge in [-0.1, -0.05) is 6.04 Å². The van der Waals surface area contributed by atoms with Gasteiger partial charge in [0, 0.05) is 23.3 Å². The van der Waals surface area contributed by atoms with E-state index in [2.05, 4.69) is 30.7 Å². The van der Waals surface area contributed by atoms with Crippen LogP contribution in [0.25, 0.3) is 0 Å². The van der Waals surface area contributed by atoms with E-state index in [-0.39, 0.29) is 0 Å². The molecule has 0 aliphatic rings. The van der Waals surface area contributed by atoms with Crippen LogP contribution in [0.15, 0.2) is 18.3 Å². The van der Waals surface area contributed by atoms with Crippen LogP contribution < -0.4 is 0 Å². The highest BCUT2D eigenvalue weighted by Crippen LogP contribution is 2.19. The fourth-order valence-electron chi connectivity index (χ4n) is 3.20. The van der Waals surface area contributed by atoms with Gasteiger partial charge in [-0.3, -0.25) is 9.97 Å². The van der Waals surface area contributed by atoms with Crippen LogP contribution in [-0.4, -0.2) is 9.97 Å². The van der Waals surface area contributed by atoms with Crippen molar-refractivity contribution >= 4 is 0 Å². The molecule has 1 aromatic carbocycles. The first kappa shape index (κ1) is 21.7. The summed E-state index contributed by atoms with van der Waals surface area (Å²) in [5, 5.41) is 0. The molecule has 0 spiro atoms. The standard InChI is InChI=1S/C11H16.2C9H13N/c1-7-6-8(2)10(4)11(5)9(7)3;1-6-5-10-9(4)8(3)7(6)2;1-6-5-7(2)10-9(4)8(6)3/h6H,1-5H3;2*5H,1-4H3/i6T;2*5T. The molecule has 2 aromatic heterocycles. The molecule has 31 heavy (non-hydrogen) atoms. The molecular weight excluding hydrogens is 376 g/mol. The summed E-state index contributed by atoms with van der Waals surface area (Å²) in [4.78, 5) is 8.35. The van der Waals surface area contributed by atoms with Gasteiger partial charge in [0.2, 0.25) is 0 Å². The van der Waals surface area contributed by atoms with E-state index in [1.165, 1.54) is 27.8 Å². The van der Waals surface area contributed by atoms with Gasteiger partial charge in [0.25, 0.3) is 0 Å². The highest BCUT2D eigenvalue weighted by Gasteiger charge is 2.02. The molecule has 2 heterocycles. The Kier molecular flexibility index (Phi) is 7.87. The highest BCUT2D eigenvalue weighted by atomic mass is 14.7. The van der Waals surface area contributed by atoms with Crippen molar-refractivity contribution in [2.45, 2.75) is 90.0 Å². The summed E-state index contributed by atoms with van der Waals surface area (Å²) in [6, 6.07) is 1.28. The summed E-state index contributed by atoms with van der Waals surface area (Å²) in [7, 11) is 0. The molecular formula is C29H42N2. The zero-order valence-electron chi connectivity index (χ0n) is 24.9. The van der Waals surface area contributed by atoms with E-state index in [1.807, 2.05) is 69.2 Å². The molecule has 2 nitrogen and oxygen atoms in total. The molecule has 0 fully saturated rings. The SMILES string of the molecule is [3H]c1c(C)c(C)c(C)c(C)c1C.[3H]c1c(C)nc(C)c(C)c1C.[3H]c1nc(C)c(C)c(C)c1C. The molecule has 0 radical (unpaired) electrons. The number of benzene rings is 1. The first-order valence-corrected chi connectivity index (χ1v) is 10.9. The third-order valence-electron chi connectivity index (χ3n) is 6.49. The van der Waals surface area contributed by atoms with Crippen molar-refractivity contribution in [2.75, 3.05) is 0 Å². The second-order valence-corrected chi connectivity index (χ2v) is 8.59. The summed E-state index contributed by atoms with van der Waals surface area (Å²) in [5.41, 5.74) is 14.5. The molecule has 0 N–H and O–H groups in total. The molecule has 0 atom stereocenters. The molecule has 0 aliphatic heterocycles. The Morgan fingerprint density at radius 3 is 1.45 bits per heavy atom. The van der Waals surface area contributed by atoms with E-state index >= 15 is 0 Å². The minimum absolute atomic E-state index is 0.408. The van der Waals surface area contributed by atoms with Crippen LogP contribution in [0.1, 0.15) is 76.8 Å². The number of hydrogen-bond acceptors (Lipinski definition) is 2. The fraction of sp³-hybridized carbons (Fsp3) is 0.448. The van der Waals surface area contributed by atoms with Gasteiger partial charge in [-0.25, -0.2) is 0 Å². The first-order chi connectivity index (χ1) is 15.5. The summed E-state index contributed by atoms with van der Waals surface area (Å²) in [5.74, 6) is 0. The van der Waals surface area contributed by atoms with Gasteiger partial charge in [0.1, 0.15) is 0 Å². The van der Waals surface area contributed by atoms with E-state index < -0.39 is 0 Å². The topological polar surface area (TPSA) is 25.8 Å². The maximum atomic E-state index is 7.82. The van der Waals surface area contributed by atoms with Crippen molar-refractivity contribution in [2.24, 2.45) is 0 Å². The molecule has 0 bridgehead atoms. The number of nitrogens with zero attached hydrogens (tertiary/aromatic N) is 2. The van der Waals surface area contributed by atoms with Crippen molar-refractivity contribution in [1.82, 2.24) is 9.97 Å². The van der Waals surface area contributed by atoms with Crippen LogP contribution in [-0.2, 0) is 0 Å². The molecule has 0 saturated heterocycles. The monoisotopic (exact) mass is 424 g/mol. The van der Waals surface area contributed by atoms with E-state index in [1.54, 1.807) is 0 Å². The van der Waals surface area contributed by atoms with Gasteiger partial charge < -0.3 is 0 Å². The summed E-state index contributed by atoms with van der Waals surface area (Å²) >= 11 is 0. The number of rotatable bonds is 0. The van der Waals surface area contributed by atoms with Crippen LogP contribution >= 0.6 is 0 Å². The van der Waals surface area contributed by atoms with Crippen LogP contribution in [0.4, 0.5) is 0 Å². The number of pyridine rings is 2. The third-order valence-corrected chi connectivity index (χ3v) is 6.49. The molecule has 0 saturated carbocycles. The summed E-state index contributed by atoms with van der Waals surface area (Å²) in [6.45, 7) is 26.2. The number of aromatic nitrogens is 2. The fourth-order valence-corrected chi connectivity index (χ4v) is 3.20. The highest BCUT2D eigenvalue weighted by molar-refractivity contribution is 5.42. The first-order valence-electron chi connectivity index (χ1n) is 12.4. The molecule has 2 heteroatoms. The lowest BCUT2D eigenvalue weighted by Gasteiger charge is -2.10. The van der Waals surface area contributed by atoms with Crippen LogP contribution in [0.3, 0.4) is 0 Å². The maximum Gasteiger partial charge on any atom is 0.0843 e. The zero-order valence-corrected chi connectivity index (χ0v) is 21.9. The quantitative estimate of drug-likeness (QED) is 0.367. The molecule has 168 valence electrons. The van der Waals surface area contributed by atoms with E-state index in [4.69, 9.17) is 4.11 Å². The molecule has 3 aromatic rings. The van der Waals surface area contributed by atoms with E-state index in [0.29, 0.717) is 18.3 Å². The third kappa shape index (κ3) is 7.02. The Balaban J connectivity index is 0.000000255. The molecule has 3 rings (SSSR count). The summed E-state index contributed by atoms with van der Waals surface area (Å²) in [6.07, 6.45) is 0.408. The second-order valence-electron chi connectivity index (χ2n) is 8.59. The average Bonchev–Trinajstić information content (AvgIpc) is 2.80. The van der Waals surface area contributed by atoms with Crippen molar-refractivity contribution in [1.29, 1.82) is 0 Å². The van der Waals surface area contributed by atoms with Crippen molar-refractivity contribution in [3.8, 4) is 0 Å². The van der Waals surface area contributed by atoms with Gasteiger partial charge in [-0.15, -0.1) is 0 Å². The second kappa shape index (κ2) is 11.2. The van der Waals surface area contributed by atoms with Crippen molar-refractivity contribution in [3.05, 3.63) is 91.0 Å². The summed E-state index contributed by atoms with van der Waals surface area (Å²) < 4.78 is 22.9. The van der Waals surface area contributed by atoms with Gasteiger partial charge in [0.15, 0.2) is 0 Å². The normalized spacial score (nSPS) is 11.5. The van der Waals surface area contributed by atoms with E-state index in [9.17, 15) is 0 Å². The lowest BCUT2D eigenvalue weighted by Crippen LogP contribution is -1.93.